The van der Waals surface area contributed by atoms with Crippen LogP contribution in [0, 0.1) is 40.4 Å². The van der Waals surface area contributed by atoms with E-state index in [1.807, 2.05) is 24.3 Å². The molecule has 4 fully saturated rings. The lowest BCUT2D eigenvalue weighted by atomic mass is 9.98. The van der Waals surface area contributed by atoms with Crippen LogP contribution in [0.5, 0.6) is 0 Å². The van der Waals surface area contributed by atoms with Gasteiger partial charge in [0.05, 0.1) is 24.8 Å². The van der Waals surface area contributed by atoms with Crippen LogP contribution in [-0.4, -0.2) is 64.7 Å². The molecule has 2 saturated heterocycles. The molecule has 2 unspecified atom stereocenters. The van der Waals surface area contributed by atoms with Gasteiger partial charge in [0.15, 0.2) is 6.04 Å². The van der Waals surface area contributed by atoms with Crippen molar-refractivity contribution in [3.8, 4) is 6.07 Å². The molecular formula is C29H34N6O4. The van der Waals surface area contributed by atoms with Gasteiger partial charge in [-0.3, -0.25) is 14.4 Å². The lowest BCUT2D eigenvalue weighted by Gasteiger charge is -2.33. The number of rotatable bonds is 8. The molecule has 0 radical (unpaired) electrons. The zero-order valence-electron chi connectivity index (χ0n) is 22.3. The van der Waals surface area contributed by atoms with Crippen molar-refractivity contribution in [2.24, 2.45) is 29.1 Å². The molecule has 2 aromatic rings. The SMILES string of the molecule is CC1(C)[C@@H]2[C@@H](C(=O)NC(C#N)c3nncc4ccccc34)N(C(=O)C(CC3CC3)NC(=O)[C@@H]3CCOC3)C[C@@H]21. The summed E-state index contributed by atoms with van der Waals surface area (Å²) in [5, 5.41) is 25.7. The van der Waals surface area contributed by atoms with Gasteiger partial charge >= 0.3 is 0 Å². The van der Waals surface area contributed by atoms with Gasteiger partial charge in [0.25, 0.3) is 0 Å². The predicted octanol–water partition coefficient (Wildman–Crippen LogP) is 2.12. The number of carbonyl (C=O) groups is 3. The summed E-state index contributed by atoms with van der Waals surface area (Å²) in [6.45, 7) is 5.62. The molecule has 3 heterocycles. The maximum Gasteiger partial charge on any atom is 0.245 e. The maximum absolute atomic E-state index is 14.0. The van der Waals surface area contributed by atoms with Crippen LogP contribution in [0.15, 0.2) is 30.5 Å². The molecule has 0 spiro atoms. The van der Waals surface area contributed by atoms with Gasteiger partial charge in [0.2, 0.25) is 17.7 Å². The molecule has 2 N–H and O–H groups in total. The number of nitrogens with zero attached hydrogens (tertiary/aromatic N) is 4. The van der Waals surface area contributed by atoms with Crippen LogP contribution < -0.4 is 10.6 Å². The number of nitriles is 1. The number of aromatic nitrogens is 2. The standard InChI is InChI=1S/C29H34N6O4/c1-29(2)20-14-35(28(38)21(11-16-7-8-16)32-26(36)18-9-10-39-15-18)25(23(20)29)27(37)33-22(12-30)24-19-6-4-3-5-17(19)13-31-34-24/h3-6,13,16,18,20-23,25H,7-11,14-15H2,1-2H3,(H,32,36)(H,33,37)/t18-,20+,21?,22?,23+,25+/m1/s1. The van der Waals surface area contributed by atoms with Gasteiger partial charge in [0, 0.05) is 23.9 Å². The highest BCUT2D eigenvalue weighted by atomic mass is 16.5. The Labute approximate surface area is 227 Å². The van der Waals surface area contributed by atoms with E-state index in [4.69, 9.17) is 4.74 Å². The predicted molar refractivity (Wildman–Crippen MR) is 140 cm³/mol. The minimum absolute atomic E-state index is 0.0140. The molecule has 6 rings (SSSR count). The van der Waals surface area contributed by atoms with Crippen molar-refractivity contribution >= 4 is 28.5 Å². The summed E-state index contributed by atoms with van der Waals surface area (Å²) < 4.78 is 5.37. The van der Waals surface area contributed by atoms with Crippen LogP contribution in [0.1, 0.15) is 51.3 Å². The van der Waals surface area contributed by atoms with Gasteiger partial charge < -0.3 is 20.3 Å². The minimum Gasteiger partial charge on any atom is -0.381 e. The molecule has 4 aliphatic rings. The first-order chi connectivity index (χ1) is 18.8. The second-order valence-electron chi connectivity index (χ2n) is 12.1. The number of carbonyl (C=O) groups excluding carboxylic acids is 3. The van der Waals surface area contributed by atoms with E-state index in [1.54, 1.807) is 11.1 Å². The Bertz CT molecular complexity index is 1340. The number of amides is 3. The van der Waals surface area contributed by atoms with Crippen molar-refractivity contribution in [3.63, 3.8) is 0 Å². The molecule has 3 amide bonds. The average molecular weight is 531 g/mol. The summed E-state index contributed by atoms with van der Waals surface area (Å²) in [5.41, 5.74) is 0.292. The molecule has 1 aromatic carbocycles. The fraction of sp³-hybridized carbons (Fsp3) is 0.586. The normalized spacial score (nSPS) is 28.3. The van der Waals surface area contributed by atoms with Crippen LogP contribution in [0.25, 0.3) is 10.8 Å². The van der Waals surface area contributed by atoms with Crippen molar-refractivity contribution in [2.75, 3.05) is 19.8 Å². The number of nitrogens with one attached hydrogen (secondary N) is 2. The van der Waals surface area contributed by atoms with Crippen molar-refractivity contribution in [2.45, 2.75) is 57.7 Å². The Hall–Kier alpha value is -3.58. The molecule has 10 nitrogen and oxygen atoms in total. The highest BCUT2D eigenvalue weighted by Gasteiger charge is 2.69. The lowest BCUT2D eigenvalue weighted by Crippen LogP contribution is -2.56. The van der Waals surface area contributed by atoms with E-state index >= 15 is 0 Å². The highest BCUT2D eigenvalue weighted by Crippen LogP contribution is 2.65. The van der Waals surface area contributed by atoms with Crippen LogP contribution in [0.4, 0.5) is 0 Å². The summed E-state index contributed by atoms with van der Waals surface area (Å²) in [4.78, 5) is 42.4. The lowest BCUT2D eigenvalue weighted by molar-refractivity contribution is -0.144. The fourth-order valence-corrected chi connectivity index (χ4v) is 6.61. The Morgan fingerprint density at radius 3 is 2.69 bits per heavy atom. The van der Waals surface area contributed by atoms with E-state index in [0.29, 0.717) is 44.2 Å². The van der Waals surface area contributed by atoms with Crippen LogP contribution in [0.2, 0.25) is 0 Å². The number of piperidine rings is 1. The van der Waals surface area contributed by atoms with E-state index in [1.165, 1.54) is 0 Å². The summed E-state index contributed by atoms with van der Waals surface area (Å²) in [5.74, 6) is -0.401. The third-order valence-electron chi connectivity index (χ3n) is 9.23. The van der Waals surface area contributed by atoms with Crippen molar-refractivity contribution in [3.05, 3.63) is 36.2 Å². The summed E-state index contributed by atoms with van der Waals surface area (Å²) in [6.07, 6.45) is 4.94. The summed E-state index contributed by atoms with van der Waals surface area (Å²) >= 11 is 0. The first-order valence-electron chi connectivity index (χ1n) is 13.9. The molecule has 39 heavy (non-hydrogen) atoms. The maximum atomic E-state index is 14.0. The van der Waals surface area contributed by atoms with Crippen molar-refractivity contribution < 1.29 is 19.1 Å². The first kappa shape index (κ1) is 25.7. The van der Waals surface area contributed by atoms with E-state index in [9.17, 15) is 19.6 Å². The van der Waals surface area contributed by atoms with E-state index in [-0.39, 0.29) is 40.9 Å². The molecule has 1 aromatic heterocycles. The van der Waals surface area contributed by atoms with Crippen LogP contribution in [-0.2, 0) is 19.1 Å². The molecule has 2 saturated carbocycles. The first-order valence-corrected chi connectivity index (χ1v) is 13.9. The second-order valence-corrected chi connectivity index (χ2v) is 12.1. The quantitative estimate of drug-likeness (QED) is 0.533. The van der Waals surface area contributed by atoms with Crippen molar-refractivity contribution in [1.82, 2.24) is 25.7 Å². The molecule has 2 aliphatic carbocycles. The fourth-order valence-electron chi connectivity index (χ4n) is 6.61. The Balaban J connectivity index is 1.23. The molecule has 0 bridgehead atoms. The van der Waals surface area contributed by atoms with Crippen LogP contribution >= 0.6 is 0 Å². The largest absolute Gasteiger partial charge is 0.381 e. The number of benzene rings is 1. The number of hydrogen-bond acceptors (Lipinski definition) is 7. The van der Waals surface area contributed by atoms with Gasteiger partial charge in [-0.2, -0.15) is 15.5 Å². The zero-order chi connectivity index (χ0) is 27.3. The van der Waals surface area contributed by atoms with Gasteiger partial charge in [0.1, 0.15) is 17.8 Å². The highest BCUT2D eigenvalue weighted by molar-refractivity contribution is 5.94. The van der Waals surface area contributed by atoms with Gasteiger partial charge in [-0.25, -0.2) is 0 Å². The molecule has 2 aliphatic heterocycles. The number of fused-ring (bicyclic) bond motifs is 2. The van der Waals surface area contributed by atoms with Gasteiger partial charge in [-0.05, 0) is 36.0 Å². The molecule has 204 valence electrons. The van der Waals surface area contributed by atoms with Crippen LogP contribution in [0.3, 0.4) is 0 Å². The number of hydrogen-bond donors (Lipinski definition) is 2. The topological polar surface area (TPSA) is 137 Å². The molecule has 6 atom stereocenters. The average Bonchev–Trinajstić information content (AvgIpc) is 3.63. The Kier molecular flexibility index (Phi) is 6.50. The monoisotopic (exact) mass is 530 g/mol. The smallest absolute Gasteiger partial charge is 0.245 e. The number of likely N-dealkylation sites (tertiary alicyclic amines) is 1. The Morgan fingerprint density at radius 2 is 1.97 bits per heavy atom. The molecular weight excluding hydrogens is 496 g/mol. The minimum atomic E-state index is -1.02. The van der Waals surface area contributed by atoms with Crippen molar-refractivity contribution in [1.29, 1.82) is 5.26 Å². The second kappa shape index (κ2) is 9.87. The summed E-state index contributed by atoms with van der Waals surface area (Å²) in [7, 11) is 0. The van der Waals surface area contributed by atoms with E-state index < -0.39 is 18.1 Å². The van der Waals surface area contributed by atoms with Gasteiger partial charge in [-0.1, -0.05) is 51.0 Å². The Morgan fingerprint density at radius 1 is 1.18 bits per heavy atom. The third-order valence-corrected chi connectivity index (χ3v) is 9.23. The zero-order valence-corrected chi connectivity index (χ0v) is 22.3. The van der Waals surface area contributed by atoms with E-state index in [0.717, 1.165) is 23.6 Å². The third kappa shape index (κ3) is 4.73. The summed E-state index contributed by atoms with van der Waals surface area (Å²) in [6, 6.07) is 7.22. The number of ether oxygens (including phenoxy) is 1. The van der Waals surface area contributed by atoms with Gasteiger partial charge in [-0.15, -0.1) is 0 Å². The van der Waals surface area contributed by atoms with E-state index in [2.05, 4.69) is 40.7 Å². The molecule has 10 heteroatoms.